The molecular weight excluding hydrogens is 921 g/mol. The normalized spacial score (nSPS) is 19.1. The van der Waals surface area contributed by atoms with Gasteiger partial charge in [-0.2, -0.15) is 0 Å². The number of nitrogens with one attached hydrogen (secondary N) is 5. The summed E-state index contributed by atoms with van der Waals surface area (Å²) >= 11 is 0. The Balaban J connectivity index is 1.18. The topological polar surface area (TPSA) is 298 Å². The molecule has 2 fully saturated rings. The van der Waals surface area contributed by atoms with Crippen LogP contribution in [0, 0.1) is 5.92 Å². The van der Waals surface area contributed by atoms with Gasteiger partial charge in [0.1, 0.15) is 36.4 Å². The van der Waals surface area contributed by atoms with E-state index in [1.807, 2.05) is 18.2 Å². The van der Waals surface area contributed by atoms with E-state index >= 15 is 0 Å². The Morgan fingerprint density at radius 3 is 2.16 bits per heavy atom. The van der Waals surface area contributed by atoms with Gasteiger partial charge in [0.25, 0.3) is 0 Å². The maximum absolute atomic E-state index is 13.3. The number of esters is 1. The minimum Gasteiger partial charge on any atom is -0.508 e. The average molecular weight is 991 g/mol. The number of amides is 3. The molecule has 21 nitrogen and oxygen atoms in total. The molecule has 1 aliphatic carbocycles. The number of sulfonamides is 1. The highest BCUT2D eigenvalue weighted by molar-refractivity contribution is 7.88. The molecule has 0 bridgehead atoms. The summed E-state index contributed by atoms with van der Waals surface area (Å²) in [6, 6.07) is 6.32. The third-order valence-corrected chi connectivity index (χ3v) is 12.8. The van der Waals surface area contributed by atoms with Gasteiger partial charge >= 0.3 is 17.9 Å². The molecule has 0 radical (unpaired) electrons. The number of carboxylic acid groups (broad SMARTS) is 2. The lowest BCUT2D eigenvalue weighted by molar-refractivity contribution is -0.151. The van der Waals surface area contributed by atoms with Crippen molar-refractivity contribution in [1.82, 2.24) is 30.9 Å². The summed E-state index contributed by atoms with van der Waals surface area (Å²) in [4.78, 5) is 78.6. The fourth-order valence-electron chi connectivity index (χ4n) is 8.49. The average Bonchev–Trinajstić information content (AvgIpc) is 3.76. The highest BCUT2D eigenvalue weighted by Crippen LogP contribution is 2.31. The standard InChI is InChI=1S/C47H70N6O15S/c1-29(2)43(45(58)51-35(46(59)60)24-30-13-16-32(54)17-14-30)50-36(47(61)62)27-49-44(57)34(52-69(5,63)64)10-8-9-21-48-41(55)26-42(56)68-33-19-22-53(28-33)37-11-6-7-12-38(37)67-23-20-31-15-18-39(65-3)40(25-31)66-4/h13-18,25,29,33-38,43,50,52,54H,6-12,19-24,26-28H2,1-5H3,(H,48,55)(H,49,57)(H,51,58)(H,59,60)(H,61,62)/t33-,34?,35-,36-,37-,38-,43-/m1/s1. The predicted molar refractivity (Wildman–Crippen MR) is 252 cm³/mol. The van der Waals surface area contributed by atoms with E-state index in [0.29, 0.717) is 43.1 Å². The Bertz CT molecular complexity index is 2140. The molecule has 0 aromatic heterocycles. The van der Waals surface area contributed by atoms with Crippen LogP contribution in [-0.4, -0.2) is 160 Å². The van der Waals surface area contributed by atoms with E-state index in [1.165, 1.54) is 24.3 Å². The minimum atomic E-state index is -3.91. The van der Waals surface area contributed by atoms with Gasteiger partial charge in [0, 0.05) is 38.6 Å². The van der Waals surface area contributed by atoms with Crippen LogP contribution in [-0.2, 0) is 61.1 Å². The number of rotatable bonds is 29. The molecule has 1 unspecified atom stereocenters. The van der Waals surface area contributed by atoms with Gasteiger partial charge in [-0.1, -0.05) is 44.9 Å². The number of methoxy groups -OCH3 is 2. The lowest BCUT2D eigenvalue weighted by Gasteiger charge is -2.37. The van der Waals surface area contributed by atoms with Crippen LogP contribution in [0.1, 0.15) is 82.8 Å². The van der Waals surface area contributed by atoms with Gasteiger partial charge in [0.2, 0.25) is 27.7 Å². The molecule has 22 heteroatoms. The second kappa shape index (κ2) is 27.6. The number of hydrogen-bond acceptors (Lipinski definition) is 15. The van der Waals surface area contributed by atoms with Gasteiger partial charge in [0.05, 0.1) is 39.2 Å². The second-order valence-corrected chi connectivity index (χ2v) is 19.6. The molecule has 3 amide bonds. The molecule has 8 N–H and O–H groups in total. The van der Waals surface area contributed by atoms with Gasteiger partial charge < -0.3 is 50.2 Å². The van der Waals surface area contributed by atoms with E-state index in [1.54, 1.807) is 28.1 Å². The smallest absolute Gasteiger partial charge is 0.326 e. The van der Waals surface area contributed by atoms with Gasteiger partial charge in [-0.15, -0.1) is 0 Å². The zero-order valence-electron chi connectivity index (χ0n) is 40.1. The summed E-state index contributed by atoms with van der Waals surface area (Å²) in [6.07, 6.45) is 5.92. The number of aromatic hydroxyl groups is 1. The molecule has 1 saturated carbocycles. The number of benzene rings is 2. The van der Waals surface area contributed by atoms with Crippen LogP contribution < -0.4 is 35.5 Å². The largest absolute Gasteiger partial charge is 0.508 e. The third-order valence-electron chi connectivity index (χ3n) is 12.1. The second-order valence-electron chi connectivity index (χ2n) is 17.9. The molecule has 2 aliphatic rings. The molecule has 384 valence electrons. The number of nitrogens with zero attached hydrogens (tertiary/aromatic N) is 1. The van der Waals surface area contributed by atoms with Crippen LogP contribution in [0.25, 0.3) is 0 Å². The highest BCUT2D eigenvalue weighted by atomic mass is 32.2. The van der Waals surface area contributed by atoms with Crippen molar-refractivity contribution in [3.8, 4) is 17.2 Å². The minimum absolute atomic E-state index is 0.0232. The first kappa shape index (κ1) is 56.0. The first-order valence-electron chi connectivity index (χ1n) is 23.3. The molecule has 1 aliphatic heterocycles. The maximum Gasteiger partial charge on any atom is 0.326 e. The van der Waals surface area contributed by atoms with E-state index < -0.39 is 88.7 Å². The van der Waals surface area contributed by atoms with Gasteiger partial charge in [-0.25, -0.2) is 17.9 Å². The van der Waals surface area contributed by atoms with Crippen LogP contribution in [0.15, 0.2) is 42.5 Å². The van der Waals surface area contributed by atoms with Crippen molar-refractivity contribution in [3.63, 3.8) is 0 Å². The maximum atomic E-state index is 13.3. The number of phenolic OH excluding ortho intramolecular Hbond substituents is 1. The number of carboxylic acids is 2. The summed E-state index contributed by atoms with van der Waals surface area (Å²) in [7, 11) is -0.707. The summed E-state index contributed by atoms with van der Waals surface area (Å²) in [5.74, 6) is -4.84. The van der Waals surface area contributed by atoms with Crippen molar-refractivity contribution in [3.05, 3.63) is 53.6 Å². The quantitative estimate of drug-likeness (QED) is 0.0325. The Morgan fingerprint density at radius 2 is 1.51 bits per heavy atom. The Hall–Kier alpha value is -5.55. The monoisotopic (exact) mass is 990 g/mol. The number of carbonyl (C=O) groups excluding carboxylic acids is 4. The fourth-order valence-corrected chi connectivity index (χ4v) is 9.23. The molecule has 1 saturated heterocycles. The van der Waals surface area contributed by atoms with Gasteiger partial charge in [-0.05, 0) is 86.3 Å². The van der Waals surface area contributed by atoms with E-state index in [-0.39, 0.29) is 49.8 Å². The van der Waals surface area contributed by atoms with Crippen molar-refractivity contribution in [1.29, 1.82) is 0 Å². The molecule has 7 atom stereocenters. The fraction of sp³-hybridized carbons (Fsp3) is 0.617. The highest BCUT2D eigenvalue weighted by Gasteiger charge is 2.37. The molecule has 4 rings (SSSR count). The molecule has 0 spiro atoms. The number of aliphatic carboxylic acids is 2. The summed E-state index contributed by atoms with van der Waals surface area (Å²) in [5, 5.41) is 39.5. The summed E-state index contributed by atoms with van der Waals surface area (Å²) in [5.41, 5.74) is 1.60. The molecular formula is C47H70N6O15S. The van der Waals surface area contributed by atoms with Crippen molar-refractivity contribution in [2.45, 2.75) is 127 Å². The van der Waals surface area contributed by atoms with Crippen LogP contribution in [0.3, 0.4) is 0 Å². The lowest BCUT2D eigenvalue weighted by atomic mass is 9.91. The van der Waals surface area contributed by atoms with Crippen molar-refractivity contribution in [2.24, 2.45) is 5.92 Å². The summed E-state index contributed by atoms with van der Waals surface area (Å²) < 4.78 is 49.5. The van der Waals surface area contributed by atoms with E-state index in [4.69, 9.17) is 18.9 Å². The molecule has 2 aromatic rings. The lowest BCUT2D eigenvalue weighted by Crippen LogP contribution is -2.59. The van der Waals surface area contributed by atoms with Crippen molar-refractivity contribution >= 4 is 45.7 Å². The van der Waals surface area contributed by atoms with Gasteiger partial charge in [0.15, 0.2) is 11.5 Å². The third kappa shape index (κ3) is 19.0. The predicted octanol–water partition coefficient (Wildman–Crippen LogP) is 1.49. The molecule has 1 heterocycles. The first-order valence-corrected chi connectivity index (χ1v) is 25.2. The zero-order chi connectivity index (χ0) is 50.7. The summed E-state index contributed by atoms with van der Waals surface area (Å²) in [6.45, 7) is 4.62. The van der Waals surface area contributed by atoms with E-state index in [2.05, 4.69) is 30.9 Å². The number of ether oxygens (including phenoxy) is 4. The molecule has 2 aromatic carbocycles. The van der Waals surface area contributed by atoms with E-state index in [0.717, 1.165) is 50.5 Å². The van der Waals surface area contributed by atoms with Crippen LogP contribution >= 0.6 is 0 Å². The van der Waals surface area contributed by atoms with Crippen LogP contribution in [0.2, 0.25) is 0 Å². The SMILES string of the molecule is COc1ccc(CCO[C@@H]2CCCC[C@H]2N2CC[C@@H](OC(=O)CC(=O)NCCCCC(NS(C)(=O)=O)C(=O)NC[C@@H](N[C@@H](C(=O)N[C@H](Cc3ccc(O)cc3)C(=O)O)C(C)C)C(=O)O)C2)cc1OC. The zero-order valence-corrected chi connectivity index (χ0v) is 40.9. The first-order chi connectivity index (χ1) is 32.8. The van der Waals surface area contributed by atoms with Crippen molar-refractivity contribution in [2.75, 3.05) is 53.3 Å². The van der Waals surface area contributed by atoms with Crippen LogP contribution in [0.4, 0.5) is 0 Å². The van der Waals surface area contributed by atoms with Crippen LogP contribution in [0.5, 0.6) is 17.2 Å². The molecule has 69 heavy (non-hydrogen) atoms. The van der Waals surface area contributed by atoms with Crippen molar-refractivity contribution < 1.29 is 71.5 Å². The number of hydrogen-bond donors (Lipinski definition) is 8. The number of phenols is 1. The Labute approximate surface area is 403 Å². The van der Waals surface area contributed by atoms with Gasteiger partial charge in [-0.3, -0.25) is 34.2 Å². The number of unbranched alkanes of at least 4 members (excludes halogenated alkanes) is 1. The van der Waals surface area contributed by atoms with E-state index in [9.17, 15) is 52.5 Å². The Kier molecular flexibility index (Phi) is 22.4. The number of likely N-dealkylation sites (tertiary alicyclic amines) is 1. The number of carbonyl (C=O) groups is 6. The Morgan fingerprint density at radius 1 is 0.826 bits per heavy atom.